The van der Waals surface area contributed by atoms with E-state index >= 15 is 0 Å². The molecule has 0 unspecified atom stereocenters. The van der Waals surface area contributed by atoms with Crippen LogP contribution >= 0.6 is 11.6 Å². The first-order chi connectivity index (χ1) is 6.09. The van der Waals surface area contributed by atoms with Gasteiger partial charge in [0, 0.05) is 0 Å². The fraction of sp³-hybridized carbons (Fsp3) is 0.100. The number of halogens is 2. The highest BCUT2D eigenvalue weighted by Gasteiger charge is 2.03. The molecule has 0 heterocycles. The molecule has 0 aliphatic heterocycles. The van der Waals surface area contributed by atoms with Crippen LogP contribution in [0.25, 0.3) is 6.08 Å². The van der Waals surface area contributed by atoms with Crippen molar-refractivity contribution in [2.24, 2.45) is 0 Å². The zero-order valence-corrected chi connectivity index (χ0v) is 7.81. The first-order valence-electron chi connectivity index (χ1n) is 3.73. The number of aryl methyl sites for hydroxylation is 1. The monoisotopic (exact) mass is 198 g/mol. The predicted octanol–water partition coefficient (Wildman–Crippen LogP) is 3.07. The quantitative estimate of drug-likeness (QED) is 0.527. The molecule has 0 atom stereocenters. The average Bonchev–Trinajstić information content (AvgIpc) is 2.08. The van der Waals surface area contributed by atoms with Gasteiger partial charge >= 0.3 is 0 Å². The van der Waals surface area contributed by atoms with Crippen molar-refractivity contribution in [3.8, 4) is 0 Å². The Morgan fingerprint density at radius 3 is 2.38 bits per heavy atom. The second kappa shape index (κ2) is 4.19. The maximum atomic E-state index is 12.7. The van der Waals surface area contributed by atoms with Crippen molar-refractivity contribution >= 4 is 22.9 Å². The van der Waals surface area contributed by atoms with Crippen LogP contribution in [0, 0.1) is 6.92 Å². The number of carbonyl (C=O) groups is 1. The number of allylic oxidation sites excluding steroid dienone is 1. The van der Waals surface area contributed by atoms with Crippen LogP contribution in [0.3, 0.4) is 0 Å². The third-order valence-corrected chi connectivity index (χ3v) is 1.74. The van der Waals surface area contributed by atoms with E-state index in [4.69, 9.17) is 11.6 Å². The third kappa shape index (κ3) is 2.99. The highest BCUT2D eigenvalue weighted by molar-refractivity contribution is 6.67. The molecule has 1 aromatic carbocycles. The molecule has 0 aromatic heterocycles. The molecule has 0 saturated heterocycles. The molecule has 0 aliphatic rings. The molecule has 68 valence electrons. The van der Waals surface area contributed by atoms with Crippen molar-refractivity contribution < 1.29 is 9.18 Å². The summed E-state index contributed by atoms with van der Waals surface area (Å²) in [4.78, 5) is 10.3. The highest BCUT2D eigenvalue weighted by Crippen LogP contribution is 2.11. The van der Waals surface area contributed by atoms with Crippen molar-refractivity contribution in [2.45, 2.75) is 6.92 Å². The first-order valence-corrected chi connectivity index (χ1v) is 4.11. The summed E-state index contributed by atoms with van der Waals surface area (Å²) in [6.07, 6.45) is 1.11. The van der Waals surface area contributed by atoms with E-state index in [9.17, 15) is 9.18 Å². The van der Waals surface area contributed by atoms with E-state index in [1.165, 1.54) is 0 Å². The van der Waals surface area contributed by atoms with Crippen LogP contribution in [0.5, 0.6) is 0 Å². The Morgan fingerprint density at radius 1 is 1.38 bits per heavy atom. The smallest absolute Gasteiger partial charge is 0.273 e. The second-order valence-corrected chi connectivity index (χ2v) is 3.02. The number of hydrogen-bond acceptors (Lipinski definition) is 1. The van der Waals surface area contributed by atoms with Gasteiger partial charge in [-0.15, -0.1) is 0 Å². The van der Waals surface area contributed by atoms with Gasteiger partial charge in [0.05, 0.1) is 0 Å². The van der Waals surface area contributed by atoms with E-state index in [1.807, 2.05) is 19.1 Å². The molecular formula is C10H8ClFO. The van der Waals surface area contributed by atoms with Crippen LogP contribution in [0.4, 0.5) is 4.39 Å². The maximum Gasteiger partial charge on any atom is 0.280 e. The fourth-order valence-corrected chi connectivity index (χ4v) is 0.920. The summed E-state index contributed by atoms with van der Waals surface area (Å²) < 4.78 is 12.7. The zero-order valence-electron chi connectivity index (χ0n) is 7.05. The van der Waals surface area contributed by atoms with Crippen molar-refractivity contribution in [1.82, 2.24) is 0 Å². The number of hydrogen-bond donors (Lipinski definition) is 0. The van der Waals surface area contributed by atoms with Gasteiger partial charge in [-0.3, -0.25) is 4.79 Å². The first kappa shape index (κ1) is 9.93. The SMILES string of the molecule is Cc1ccc(C=C(F)C(=O)Cl)cc1. The molecule has 1 aromatic rings. The summed E-state index contributed by atoms with van der Waals surface area (Å²) in [5, 5.41) is -1.07. The molecule has 0 fully saturated rings. The molecule has 0 aliphatic carbocycles. The fourth-order valence-electron chi connectivity index (χ4n) is 0.866. The topological polar surface area (TPSA) is 17.1 Å². The van der Waals surface area contributed by atoms with Gasteiger partial charge in [-0.05, 0) is 30.2 Å². The number of rotatable bonds is 2. The van der Waals surface area contributed by atoms with E-state index in [0.29, 0.717) is 5.56 Å². The van der Waals surface area contributed by atoms with Gasteiger partial charge in [0.2, 0.25) is 0 Å². The Labute approximate surface area is 80.8 Å². The molecule has 0 radical (unpaired) electrons. The van der Waals surface area contributed by atoms with E-state index in [-0.39, 0.29) is 0 Å². The summed E-state index contributed by atoms with van der Waals surface area (Å²) in [6, 6.07) is 7.10. The molecule has 1 nitrogen and oxygen atoms in total. The van der Waals surface area contributed by atoms with Gasteiger partial charge < -0.3 is 0 Å². The molecule has 0 spiro atoms. The Balaban J connectivity index is 2.92. The van der Waals surface area contributed by atoms with E-state index in [2.05, 4.69) is 0 Å². The van der Waals surface area contributed by atoms with E-state index in [1.54, 1.807) is 12.1 Å². The molecule has 0 amide bonds. The molecule has 0 bridgehead atoms. The predicted molar refractivity (Wildman–Crippen MR) is 51.1 cm³/mol. The van der Waals surface area contributed by atoms with Crippen LogP contribution in [-0.2, 0) is 4.79 Å². The molecular weight excluding hydrogens is 191 g/mol. The summed E-state index contributed by atoms with van der Waals surface area (Å²) in [5.74, 6) is -0.939. The van der Waals surface area contributed by atoms with E-state index in [0.717, 1.165) is 11.6 Å². The lowest BCUT2D eigenvalue weighted by Gasteiger charge is -1.94. The summed E-state index contributed by atoms with van der Waals surface area (Å²) in [6.45, 7) is 1.93. The summed E-state index contributed by atoms with van der Waals surface area (Å²) in [7, 11) is 0. The zero-order chi connectivity index (χ0) is 9.84. The van der Waals surface area contributed by atoms with Gasteiger partial charge in [0.25, 0.3) is 5.24 Å². The minimum absolute atomic E-state index is 0.622. The van der Waals surface area contributed by atoms with Crippen LogP contribution in [0.15, 0.2) is 30.1 Å². The van der Waals surface area contributed by atoms with Crippen LogP contribution in [-0.4, -0.2) is 5.24 Å². The number of carbonyl (C=O) groups excluding carboxylic acids is 1. The maximum absolute atomic E-state index is 12.7. The second-order valence-electron chi connectivity index (χ2n) is 2.68. The minimum atomic E-state index is -1.07. The van der Waals surface area contributed by atoms with Crippen LogP contribution in [0.2, 0.25) is 0 Å². The van der Waals surface area contributed by atoms with Crippen molar-refractivity contribution in [3.63, 3.8) is 0 Å². The summed E-state index contributed by atoms with van der Waals surface area (Å²) in [5.41, 5.74) is 1.70. The molecule has 1 rings (SSSR count). The van der Waals surface area contributed by atoms with Crippen LogP contribution < -0.4 is 0 Å². The average molecular weight is 199 g/mol. The highest BCUT2D eigenvalue weighted by atomic mass is 35.5. The van der Waals surface area contributed by atoms with E-state index < -0.39 is 11.1 Å². The lowest BCUT2D eigenvalue weighted by Crippen LogP contribution is -1.85. The largest absolute Gasteiger partial charge is 0.280 e. The Hall–Kier alpha value is -1.15. The Bertz CT molecular complexity index is 340. The summed E-state index contributed by atoms with van der Waals surface area (Å²) >= 11 is 4.93. The van der Waals surface area contributed by atoms with Crippen molar-refractivity contribution in [1.29, 1.82) is 0 Å². The molecule has 13 heavy (non-hydrogen) atoms. The van der Waals surface area contributed by atoms with Gasteiger partial charge in [-0.2, -0.15) is 0 Å². The standard InChI is InChI=1S/C10H8ClFO/c1-7-2-4-8(5-3-7)6-9(12)10(11)13/h2-6H,1H3. The molecule has 0 saturated carbocycles. The van der Waals surface area contributed by atoms with Gasteiger partial charge in [-0.25, -0.2) is 4.39 Å². The van der Waals surface area contributed by atoms with Gasteiger partial charge in [-0.1, -0.05) is 29.8 Å². The Kier molecular flexibility index (Phi) is 3.20. The minimum Gasteiger partial charge on any atom is -0.273 e. The normalized spacial score (nSPS) is 11.5. The third-order valence-electron chi connectivity index (χ3n) is 1.56. The molecule has 0 N–H and O–H groups in total. The molecule has 3 heteroatoms. The lowest BCUT2D eigenvalue weighted by atomic mass is 10.1. The van der Waals surface area contributed by atoms with Gasteiger partial charge in [0.1, 0.15) is 0 Å². The Morgan fingerprint density at radius 2 is 1.92 bits per heavy atom. The van der Waals surface area contributed by atoms with Crippen molar-refractivity contribution in [3.05, 3.63) is 41.2 Å². The van der Waals surface area contributed by atoms with Crippen molar-refractivity contribution in [2.75, 3.05) is 0 Å². The van der Waals surface area contributed by atoms with Crippen LogP contribution in [0.1, 0.15) is 11.1 Å². The number of benzene rings is 1. The lowest BCUT2D eigenvalue weighted by molar-refractivity contribution is -0.109. The van der Waals surface area contributed by atoms with Gasteiger partial charge in [0.15, 0.2) is 5.83 Å².